The highest BCUT2D eigenvalue weighted by Crippen LogP contribution is 2.53. The van der Waals surface area contributed by atoms with Crippen LogP contribution in [0.25, 0.3) is 55.3 Å². The Bertz CT molecular complexity index is 2500. The van der Waals surface area contributed by atoms with Crippen LogP contribution >= 0.6 is 0 Å². The van der Waals surface area contributed by atoms with Gasteiger partial charge >= 0.3 is 0 Å². The van der Waals surface area contributed by atoms with Crippen LogP contribution in [0, 0.1) is 0 Å². The van der Waals surface area contributed by atoms with Gasteiger partial charge in [0.2, 0.25) is 0 Å². The van der Waals surface area contributed by atoms with Crippen LogP contribution in [0.15, 0.2) is 188 Å². The van der Waals surface area contributed by atoms with Crippen LogP contribution in [0.3, 0.4) is 0 Å². The third-order valence-electron chi connectivity index (χ3n) is 10.5. The Labute approximate surface area is 294 Å². The number of hydrogen-bond acceptors (Lipinski definition) is 1. The Kier molecular flexibility index (Phi) is 7.21. The molecule has 0 heterocycles. The predicted octanol–water partition coefficient (Wildman–Crippen LogP) is 13.6. The van der Waals surface area contributed by atoms with Gasteiger partial charge in [-0.15, -0.1) is 0 Å². The molecule has 238 valence electrons. The molecule has 9 rings (SSSR count). The molecule has 0 aromatic heterocycles. The fraction of sp³-hybridized carbons (Fsp3) is 0.0612. The second-order valence-corrected chi connectivity index (χ2v) is 13.7. The van der Waals surface area contributed by atoms with E-state index in [1.807, 2.05) is 0 Å². The highest BCUT2D eigenvalue weighted by Gasteiger charge is 2.37. The summed E-state index contributed by atoms with van der Waals surface area (Å²) in [6, 6.07) is 68.6. The summed E-state index contributed by atoms with van der Waals surface area (Å²) in [4.78, 5) is 2.43. The average Bonchev–Trinajstić information content (AvgIpc) is 3.42. The summed E-state index contributed by atoms with van der Waals surface area (Å²) in [5, 5.41) is 2.52. The monoisotopic (exact) mass is 639 g/mol. The maximum absolute atomic E-state index is 2.43. The molecule has 0 atom stereocenters. The van der Waals surface area contributed by atoms with Gasteiger partial charge in [0, 0.05) is 22.4 Å². The van der Waals surface area contributed by atoms with Gasteiger partial charge in [0.25, 0.3) is 0 Å². The Morgan fingerprint density at radius 3 is 1.84 bits per heavy atom. The fourth-order valence-electron chi connectivity index (χ4n) is 8.02. The molecule has 50 heavy (non-hydrogen) atoms. The third kappa shape index (κ3) is 4.94. The van der Waals surface area contributed by atoms with Crippen molar-refractivity contribution in [2.75, 3.05) is 4.90 Å². The summed E-state index contributed by atoms with van der Waals surface area (Å²) < 4.78 is 0. The van der Waals surface area contributed by atoms with E-state index in [2.05, 4.69) is 207 Å². The Balaban J connectivity index is 1.24. The normalized spacial score (nSPS) is 12.8. The lowest BCUT2D eigenvalue weighted by atomic mass is 9.82. The average molecular weight is 640 g/mol. The van der Waals surface area contributed by atoms with Crippen LogP contribution in [0.2, 0.25) is 0 Å². The molecular formula is C49H37N. The van der Waals surface area contributed by atoms with E-state index in [-0.39, 0.29) is 5.41 Å². The lowest BCUT2D eigenvalue weighted by Gasteiger charge is -2.29. The molecule has 1 nitrogen and oxygen atoms in total. The van der Waals surface area contributed by atoms with Gasteiger partial charge in [-0.2, -0.15) is 0 Å². The molecule has 0 bridgehead atoms. The van der Waals surface area contributed by atoms with Crippen molar-refractivity contribution in [2.24, 2.45) is 0 Å². The molecule has 1 heteroatoms. The first kappa shape index (κ1) is 29.9. The number of rotatable bonds is 6. The van der Waals surface area contributed by atoms with Gasteiger partial charge < -0.3 is 4.90 Å². The summed E-state index contributed by atoms with van der Waals surface area (Å²) in [5.74, 6) is 0. The predicted molar refractivity (Wildman–Crippen MR) is 213 cm³/mol. The molecule has 0 radical (unpaired) electrons. The molecule has 1 aliphatic carbocycles. The summed E-state index contributed by atoms with van der Waals surface area (Å²) >= 11 is 0. The van der Waals surface area contributed by atoms with Crippen molar-refractivity contribution in [2.45, 2.75) is 19.3 Å². The largest absolute Gasteiger partial charge is 0.310 e. The first-order chi connectivity index (χ1) is 24.6. The number of fused-ring (bicyclic) bond motifs is 4. The van der Waals surface area contributed by atoms with E-state index in [4.69, 9.17) is 0 Å². The maximum Gasteiger partial charge on any atom is 0.0540 e. The maximum atomic E-state index is 2.43. The van der Waals surface area contributed by atoms with E-state index in [0.29, 0.717) is 0 Å². The molecule has 0 spiro atoms. The molecule has 0 fully saturated rings. The Morgan fingerprint density at radius 1 is 0.380 bits per heavy atom. The first-order valence-electron chi connectivity index (χ1n) is 17.4. The second-order valence-electron chi connectivity index (χ2n) is 13.7. The standard InChI is InChI=1S/C49H37N/c1-49(2)45-26-10-8-23-44(45)48-43(25-14-27-46(48)49)42-22-9-11-28-47(42)50(39-20-12-19-37(33-39)34-15-4-3-5-16-34)38-31-29-36(30-32-38)41-24-13-18-35-17-6-7-21-40(35)41/h3-33H,1-2H3. The van der Waals surface area contributed by atoms with Crippen LogP contribution in [0.1, 0.15) is 25.0 Å². The minimum atomic E-state index is -0.0714. The lowest BCUT2D eigenvalue weighted by Crippen LogP contribution is -2.14. The summed E-state index contributed by atoms with van der Waals surface area (Å²) in [6.45, 7) is 4.71. The van der Waals surface area contributed by atoms with E-state index in [1.165, 1.54) is 66.4 Å². The molecule has 0 amide bonds. The van der Waals surface area contributed by atoms with Crippen LogP contribution in [0.5, 0.6) is 0 Å². The van der Waals surface area contributed by atoms with Gasteiger partial charge in [0.05, 0.1) is 5.69 Å². The summed E-state index contributed by atoms with van der Waals surface area (Å²) in [6.07, 6.45) is 0. The number of para-hydroxylation sites is 1. The van der Waals surface area contributed by atoms with E-state index >= 15 is 0 Å². The first-order valence-corrected chi connectivity index (χ1v) is 17.4. The highest BCUT2D eigenvalue weighted by atomic mass is 15.1. The smallest absolute Gasteiger partial charge is 0.0540 e. The zero-order chi connectivity index (χ0) is 33.7. The molecular weight excluding hydrogens is 603 g/mol. The van der Waals surface area contributed by atoms with Gasteiger partial charge in [-0.25, -0.2) is 0 Å². The summed E-state index contributed by atoms with van der Waals surface area (Å²) in [7, 11) is 0. The van der Waals surface area contributed by atoms with Crippen molar-refractivity contribution in [3.63, 3.8) is 0 Å². The van der Waals surface area contributed by atoms with Crippen LogP contribution in [-0.4, -0.2) is 0 Å². The SMILES string of the molecule is CC1(C)c2ccccc2-c2c(-c3ccccc3N(c3ccc(-c4cccc5ccccc45)cc3)c3cccc(-c4ccccc4)c3)cccc21. The minimum Gasteiger partial charge on any atom is -0.310 e. The van der Waals surface area contributed by atoms with Crippen molar-refractivity contribution in [1.82, 2.24) is 0 Å². The van der Waals surface area contributed by atoms with Crippen molar-refractivity contribution in [3.05, 3.63) is 199 Å². The molecule has 8 aromatic rings. The molecule has 0 N–H and O–H groups in total. The van der Waals surface area contributed by atoms with E-state index in [1.54, 1.807) is 0 Å². The Morgan fingerprint density at radius 2 is 0.980 bits per heavy atom. The molecule has 0 unspecified atom stereocenters. The minimum absolute atomic E-state index is 0.0714. The molecule has 1 aliphatic rings. The van der Waals surface area contributed by atoms with Gasteiger partial charge in [-0.05, 0) is 91.2 Å². The van der Waals surface area contributed by atoms with Crippen LogP contribution in [0.4, 0.5) is 17.1 Å². The third-order valence-corrected chi connectivity index (χ3v) is 10.5. The van der Waals surface area contributed by atoms with Crippen molar-refractivity contribution < 1.29 is 0 Å². The quantitative estimate of drug-likeness (QED) is 0.175. The van der Waals surface area contributed by atoms with Crippen molar-refractivity contribution >= 4 is 27.8 Å². The van der Waals surface area contributed by atoms with Crippen molar-refractivity contribution in [3.8, 4) is 44.5 Å². The lowest BCUT2D eigenvalue weighted by molar-refractivity contribution is 0.660. The van der Waals surface area contributed by atoms with E-state index < -0.39 is 0 Å². The molecule has 0 aliphatic heterocycles. The van der Waals surface area contributed by atoms with Gasteiger partial charge in [-0.1, -0.05) is 172 Å². The van der Waals surface area contributed by atoms with Crippen LogP contribution in [-0.2, 0) is 5.41 Å². The topological polar surface area (TPSA) is 3.24 Å². The fourth-order valence-corrected chi connectivity index (χ4v) is 8.02. The van der Waals surface area contributed by atoms with Gasteiger partial charge in [-0.3, -0.25) is 0 Å². The van der Waals surface area contributed by atoms with Gasteiger partial charge in [0.1, 0.15) is 0 Å². The number of nitrogens with zero attached hydrogens (tertiary/aromatic N) is 1. The molecule has 0 saturated carbocycles. The zero-order valence-corrected chi connectivity index (χ0v) is 28.3. The van der Waals surface area contributed by atoms with E-state index in [9.17, 15) is 0 Å². The highest BCUT2D eigenvalue weighted by molar-refractivity contribution is 5.99. The number of hydrogen-bond donors (Lipinski definition) is 0. The number of benzene rings is 8. The van der Waals surface area contributed by atoms with Crippen molar-refractivity contribution in [1.29, 1.82) is 0 Å². The Hall–Kier alpha value is -6.18. The molecule has 8 aromatic carbocycles. The van der Waals surface area contributed by atoms with E-state index in [0.717, 1.165) is 17.1 Å². The second kappa shape index (κ2) is 12.1. The number of anilines is 3. The molecule has 0 saturated heterocycles. The summed E-state index contributed by atoms with van der Waals surface area (Å²) in [5.41, 5.74) is 16.0. The van der Waals surface area contributed by atoms with Crippen LogP contribution < -0.4 is 4.90 Å². The zero-order valence-electron chi connectivity index (χ0n) is 28.3. The van der Waals surface area contributed by atoms with Gasteiger partial charge in [0.15, 0.2) is 0 Å².